The van der Waals surface area contributed by atoms with Crippen LogP contribution in [-0.2, 0) is 26.7 Å². The van der Waals surface area contributed by atoms with Crippen LogP contribution in [0.4, 0.5) is 0 Å². The Hall–Kier alpha value is -3.20. The van der Waals surface area contributed by atoms with Crippen molar-refractivity contribution in [1.82, 2.24) is 4.72 Å². The van der Waals surface area contributed by atoms with Gasteiger partial charge in [0.05, 0.1) is 16.9 Å². The SMILES string of the molecule is Cc1ccc(CC(=O)C2(c3ccc4c(c3)OCO4)CC2)cc1-c1ccc(S(=O)(=O)N[C@H](C)CO)cc1.[HH].[HH]. The van der Waals surface area contributed by atoms with Crippen molar-refractivity contribution in [3.63, 3.8) is 0 Å². The van der Waals surface area contributed by atoms with Crippen LogP contribution in [0.5, 0.6) is 11.5 Å². The lowest BCUT2D eigenvalue weighted by atomic mass is 9.87. The van der Waals surface area contributed by atoms with Gasteiger partial charge in [0, 0.05) is 15.3 Å². The summed E-state index contributed by atoms with van der Waals surface area (Å²) in [4.78, 5) is 13.6. The van der Waals surface area contributed by atoms with Gasteiger partial charge >= 0.3 is 0 Å². The number of carbonyl (C=O) groups is 1. The van der Waals surface area contributed by atoms with Crippen molar-refractivity contribution in [3.05, 3.63) is 77.4 Å². The van der Waals surface area contributed by atoms with Crippen LogP contribution in [0, 0.1) is 6.92 Å². The third-order valence-corrected chi connectivity index (χ3v) is 8.59. The predicted octanol–water partition coefficient (Wildman–Crippen LogP) is 4.39. The van der Waals surface area contributed by atoms with Crippen LogP contribution < -0.4 is 14.2 Å². The molecule has 2 N–H and O–H groups in total. The zero-order valence-electron chi connectivity index (χ0n) is 20.3. The number of hydrogen-bond acceptors (Lipinski definition) is 6. The highest BCUT2D eigenvalue weighted by Crippen LogP contribution is 2.51. The normalized spacial score (nSPS) is 16.5. The third-order valence-electron chi connectivity index (χ3n) is 6.98. The van der Waals surface area contributed by atoms with Gasteiger partial charge < -0.3 is 14.6 Å². The second-order valence-corrected chi connectivity index (χ2v) is 11.3. The Balaban J connectivity index is 0.00000200. The van der Waals surface area contributed by atoms with Gasteiger partial charge in [0.2, 0.25) is 16.8 Å². The van der Waals surface area contributed by atoms with Crippen LogP contribution in [0.1, 0.15) is 39.3 Å². The van der Waals surface area contributed by atoms with E-state index < -0.39 is 21.5 Å². The van der Waals surface area contributed by atoms with Crippen LogP contribution in [0.2, 0.25) is 0 Å². The second-order valence-electron chi connectivity index (χ2n) is 9.63. The third kappa shape index (κ3) is 4.64. The van der Waals surface area contributed by atoms with Crippen molar-refractivity contribution in [1.29, 1.82) is 0 Å². The maximum absolute atomic E-state index is 13.4. The molecule has 5 rings (SSSR count). The minimum Gasteiger partial charge on any atom is -0.454 e. The Labute approximate surface area is 214 Å². The summed E-state index contributed by atoms with van der Waals surface area (Å²) in [6.07, 6.45) is 1.96. The van der Waals surface area contributed by atoms with E-state index >= 15 is 0 Å². The van der Waals surface area contributed by atoms with E-state index in [1.54, 1.807) is 31.2 Å². The monoisotopic (exact) mass is 511 g/mol. The fourth-order valence-electron chi connectivity index (χ4n) is 4.68. The number of ketones is 1. The molecule has 1 atom stereocenters. The maximum Gasteiger partial charge on any atom is 0.240 e. The Morgan fingerprint density at radius 2 is 1.78 bits per heavy atom. The van der Waals surface area contributed by atoms with Crippen molar-refractivity contribution in [2.75, 3.05) is 13.4 Å². The van der Waals surface area contributed by atoms with E-state index in [1.165, 1.54) is 0 Å². The highest BCUT2D eigenvalue weighted by atomic mass is 32.2. The molecular weight excluding hydrogens is 478 g/mol. The predicted molar refractivity (Wildman–Crippen MR) is 140 cm³/mol. The van der Waals surface area contributed by atoms with E-state index in [0.717, 1.165) is 40.7 Å². The summed E-state index contributed by atoms with van der Waals surface area (Å²) >= 11 is 0. The van der Waals surface area contributed by atoms with Gasteiger partial charge in [-0.05, 0) is 78.8 Å². The Morgan fingerprint density at radius 1 is 1.06 bits per heavy atom. The largest absolute Gasteiger partial charge is 0.454 e. The number of aliphatic hydroxyl groups excluding tert-OH is 1. The summed E-state index contributed by atoms with van der Waals surface area (Å²) in [5, 5.41) is 9.15. The number of sulfonamides is 1. The van der Waals surface area contributed by atoms with E-state index in [-0.39, 0.29) is 26.9 Å². The van der Waals surface area contributed by atoms with Crippen molar-refractivity contribution in [2.24, 2.45) is 0 Å². The summed E-state index contributed by atoms with van der Waals surface area (Å²) in [5.41, 5.74) is 4.28. The topological polar surface area (TPSA) is 102 Å². The lowest BCUT2D eigenvalue weighted by Crippen LogP contribution is -2.34. The molecule has 0 bridgehead atoms. The summed E-state index contributed by atoms with van der Waals surface area (Å²) in [7, 11) is -3.72. The van der Waals surface area contributed by atoms with Crippen LogP contribution in [0.3, 0.4) is 0 Å². The number of ether oxygens (including phenoxy) is 2. The smallest absolute Gasteiger partial charge is 0.240 e. The summed E-state index contributed by atoms with van der Waals surface area (Å²) in [5.74, 6) is 1.58. The molecule has 0 radical (unpaired) electrons. The summed E-state index contributed by atoms with van der Waals surface area (Å²) < 4.78 is 38.3. The highest BCUT2D eigenvalue weighted by Gasteiger charge is 2.50. The first kappa shape index (κ1) is 24.5. The molecule has 8 heteroatoms. The Bertz CT molecular complexity index is 1420. The number of Topliss-reactive ketones (excluding diaryl/α,β-unsaturated/α-hetero) is 1. The zero-order chi connectivity index (χ0) is 25.5. The average Bonchev–Trinajstić information content (AvgIpc) is 3.55. The Morgan fingerprint density at radius 3 is 2.47 bits per heavy atom. The standard InChI is InChI=1S/C28H29NO6S.2H2/c1-18-3-4-20(13-24(18)21-5-8-23(9-6-21)36(32,33)29-19(2)16-30)14-27(31)28(11-12-28)22-7-10-25-26(15-22)35-17-34-25;;/h3-10,13,15,19,29-30H,11-12,14,16-17H2,1-2H3;2*1H/t19-;;/m1../s1. The molecule has 2 aliphatic rings. The molecule has 1 heterocycles. The average molecular weight is 512 g/mol. The van der Waals surface area contributed by atoms with Crippen molar-refractivity contribution >= 4 is 15.8 Å². The van der Waals surface area contributed by atoms with Crippen LogP contribution in [0.25, 0.3) is 11.1 Å². The summed E-state index contributed by atoms with van der Waals surface area (Å²) in [6, 6.07) is 17.8. The molecular formula is C28H33NO6S. The number of nitrogens with one attached hydrogen (secondary N) is 1. The molecule has 0 aromatic heterocycles. The van der Waals surface area contributed by atoms with Gasteiger partial charge in [-0.3, -0.25) is 4.79 Å². The van der Waals surface area contributed by atoms with Crippen LogP contribution in [0.15, 0.2) is 65.6 Å². The van der Waals surface area contributed by atoms with E-state index in [0.29, 0.717) is 17.9 Å². The lowest BCUT2D eigenvalue weighted by molar-refractivity contribution is -0.120. The van der Waals surface area contributed by atoms with Crippen molar-refractivity contribution in [2.45, 2.75) is 49.5 Å². The first-order valence-electron chi connectivity index (χ1n) is 12.0. The zero-order valence-corrected chi connectivity index (χ0v) is 21.1. The minimum absolute atomic E-state index is 0. The van der Waals surface area contributed by atoms with Gasteiger partial charge in [0.1, 0.15) is 5.78 Å². The van der Waals surface area contributed by atoms with E-state index in [9.17, 15) is 13.2 Å². The molecule has 0 spiro atoms. The first-order chi connectivity index (χ1) is 17.2. The lowest BCUT2D eigenvalue weighted by Gasteiger charge is -2.16. The summed E-state index contributed by atoms with van der Waals surface area (Å²) in [6.45, 7) is 3.51. The highest BCUT2D eigenvalue weighted by molar-refractivity contribution is 7.89. The van der Waals surface area contributed by atoms with Gasteiger partial charge in [-0.15, -0.1) is 0 Å². The molecule has 0 unspecified atom stereocenters. The van der Waals surface area contributed by atoms with Crippen LogP contribution >= 0.6 is 0 Å². The molecule has 1 aliphatic carbocycles. The van der Waals surface area contributed by atoms with E-state index in [1.807, 2.05) is 43.3 Å². The molecule has 0 saturated heterocycles. The number of carbonyl (C=O) groups excluding carboxylic acids is 1. The molecule has 192 valence electrons. The number of aryl methyl sites for hydroxylation is 1. The molecule has 36 heavy (non-hydrogen) atoms. The molecule has 1 aliphatic heterocycles. The van der Waals surface area contributed by atoms with Crippen molar-refractivity contribution < 1.29 is 30.6 Å². The van der Waals surface area contributed by atoms with Gasteiger partial charge in [0.25, 0.3) is 0 Å². The molecule has 0 amide bonds. The first-order valence-corrected chi connectivity index (χ1v) is 13.5. The molecule has 3 aromatic rings. The van der Waals surface area contributed by atoms with Gasteiger partial charge in [-0.25, -0.2) is 13.1 Å². The van der Waals surface area contributed by atoms with Crippen molar-refractivity contribution in [3.8, 4) is 22.6 Å². The van der Waals surface area contributed by atoms with Gasteiger partial charge in [-0.2, -0.15) is 0 Å². The fourth-order valence-corrected chi connectivity index (χ4v) is 5.91. The number of aliphatic hydroxyl groups is 1. The van der Waals surface area contributed by atoms with E-state index in [2.05, 4.69) is 4.72 Å². The number of benzene rings is 3. The molecule has 7 nitrogen and oxygen atoms in total. The van der Waals surface area contributed by atoms with Gasteiger partial charge in [0.15, 0.2) is 11.5 Å². The second kappa shape index (κ2) is 9.35. The van der Waals surface area contributed by atoms with E-state index in [4.69, 9.17) is 14.6 Å². The molecule has 3 aromatic carbocycles. The Kier molecular flexibility index (Phi) is 6.36. The number of rotatable bonds is 9. The fraction of sp³-hybridized carbons (Fsp3) is 0.321. The van der Waals surface area contributed by atoms with Crippen LogP contribution in [-0.4, -0.2) is 38.7 Å². The quantitative estimate of drug-likeness (QED) is 0.442. The number of fused-ring (bicyclic) bond motifs is 1. The molecule has 1 saturated carbocycles. The minimum atomic E-state index is -3.72. The maximum atomic E-state index is 13.4. The van der Waals surface area contributed by atoms with Gasteiger partial charge in [-0.1, -0.05) is 36.4 Å². The number of hydrogen-bond donors (Lipinski definition) is 2. The molecule has 1 fully saturated rings.